The number of benzene rings is 1. The van der Waals surface area contributed by atoms with Crippen molar-refractivity contribution in [1.82, 2.24) is 10.2 Å². The number of rotatable bonds is 4. The van der Waals surface area contributed by atoms with Gasteiger partial charge >= 0.3 is 0 Å². The van der Waals surface area contributed by atoms with E-state index in [2.05, 4.69) is 32.3 Å². The van der Waals surface area contributed by atoms with Crippen molar-refractivity contribution in [1.29, 1.82) is 0 Å². The molecular weight excluding hydrogens is 366 g/mol. The Bertz CT molecular complexity index is 646. The zero-order valence-electron chi connectivity index (χ0n) is 12.9. The van der Waals surface area contributed by atoms with Crippen LogP contribution >= 0.6 is 15.9 Å². The van der Waals surface area contributed by atoms with Crippen LogP contribution in [0.25, 0.3) is 0 Å². The fraction of sp³-hybridized carbons (Fsp3) is 0.533. The zero-order chi connectivity index (χ0) is 16.2. The summed E-state index contributed by atoms with van der Waals surface area (Å²) in [5, 5.41) is 3.28. The van der Waals surface area contributed by atoms with Crippen molar-refractivity contribution in [2.45, 2.75) is 13.0 Å². The summed E-state index contributed by atoms with van der Waals surface area (Å²) in [5.74, 6) is 1.55. The average molecular weight is 388 g/mol. The number of hydrogen-bond acceptors (Lipinski definition) is 3. The van der Waals surface area contributed by atoms with Crippen LogP contribution < -0.4 is 5.32 Å². The van der Waals surface area contributed by atoms with E-state index in [9.17, 15) is 8.42 Å². The molecule has 2 rings (SSSR count). The van der Waals surface area contributed by atoms with Crippen molar-refractivity contribution in [3.63, 3.8) is 0 Å². The molecule has 0 radical (unpaired) electrons. The van der Waals surface area contributed by atoms with Crippen molar-refractivity contribution < 1.29 is 8.42 Å². The van der Waals surface area contributed by atoms with Crippen molar-refractivity contribution in [3.05, 3.63) is 34.3 Å². The Hall–Kier alpha value is -1.08. The van der Waals surface area contributed by atoms with Crippen LogP contribution in [0.2, 0.25) is 0 Å². The average Bonchev–Trinajstić information content (AvgIpc) is 2.81. The summed E-state index contributed by atoms with van der Waals surface area (Å²) in [5.41, 5.74) is 1.18. The summed E-state index contributed by atoms with van der Waals surface area (Å²) in [7, 11) is 0.889. The van der Waals surface area contributed by atoms with E-state index in [0.29, 0.717) is 12.3 Å². The summed E-state index contributed by atoms with van der Waals surface area (Å²) in [6, 6.07) is 8.08. The highest BCUT2D eigenvalue weighted by molar-refractivity contribution is 9.10. The molecule has 1 unspecified atom stereocenters. The maximum atomic E-state index is 11.5. The van der Waals surface area contributed by atoms with Gasteiger partial charge in [-0.2, -0.15) is 0 Å². The highest BCUT2D eigenvalue weighted by Crippen LogP contribution is 2.18. The first kappa shape index (κ1) is 17.3. The van der Waals surface area contributed by atoms with E-state index >= 15 is 0 Å². The fourth-order valence-corrected chi connectivity index (χ4v) is 4.88. The molecule has 7 heteroatoms. The van der Waals surface area contributed by atoms with Crippen LogP contribution in [-0.2, 0) is 16.4 Å². The van der Waals surface area contributed by atoms with Gasteiger partial charge in [-0.05, 0) is 24.0 Å². The molecule has 0 amide bonds. The Morgan fingerprint density at radius 2 is 2.18 bits per heavy atom. The molecule has 1 aromatic carbocycles. The van der Waals surface area contributed by atoms with Crippen LogP contribution in [0, 0.1) is 5.92 Å². The second-order valence-electron chi connectivity index (χ2n) is 5.64. The largest absolute Gasteiger partial charge is 0.356 e. The highest BCUT2D eigenvalue weighted by Gasteiger charge is 2.27. The minimum atomic E-state index is -2.82. The number of halogens is 1. The lowest BCUT2D eigenvalue weighted by molar-refractivity contribution is 0.463. The van der Waals surface area contributed by atoms with Gasteiger partial charge in [-0.3, -0.25) is 4.99 Å². The van der Waals surface area contributed by atoms with Gasteiger partial charge in [0, 0.05) is 31.7 Å². The summed E-state index contributed by atoms with van der Waals surface area (Å²) in [6.45, 7) is 1.37. The normalized spacial score (nSPS) is 20.9. The quantitative estimate of drug-likeness (QED) is 0.632. The SMILES string of the molecule is CN=C(NCC1CCS(=O)(=O)C1)N(C)Cc1ccccc1Br. The smallest absolute Gasteiger partial charge is 0.193 e. The minimum absolute atomic E-state index is 0.179. The van der Waals surface area contributed by atoms with Gasteiger partial charge in [0.15, 0.2) is 15.8 Å². The van der Waals surface area contributed by atoms with Crippen molar-refractivity contribution in [2.75, 3.05) is 32.1 Å². The van der Waals surface area contributed by atoms with Crippen molar-refractivity contribution in [2.24, 2.45) is 10.9 Å². The molecular formula is C15H22BrN3O2S. The molecule has 1 aliphatic rings. The number of sulfone groups is 1. The second-order valence-corrected chi connectivity index (χ2v) is 8.73. The highest BCUT2D eigenvalue weighted by atomic mass is 79.9. The predicted octanol–water partition coefficient (Wildman–Crippen LogP) is 1.89. The van der Waals surface area contributed by atoms with Gasteiger partial charge in [0.1, 0.15) is 0 Å². The lowest BCUT2D eigenvalue weighted by Crippen LogP contribution is -2.40. The minimum Gasteiger partial charge on any atom is -0.356 e. The lowest BCUT2D eigenvalue weighted by atomic mass is 10.1. The number of guanidine groups is 1. The molecule has 1 N–H and O–H groups in total. The Labute approximate surface area is 140 Å². The van der Waals surface area contributed by atoms with Crippen LogP contribution in [0.5, 0.6) is 0 Å². The molecule has 0 aliphatic carbocycles. The van der Waals surface area contributed by atoms with Gasteiger partial charge in [-0.15, -0.1) is 0 Å². The number of aliphatic imine (C=N–C) groups is 1. The van der Waals surface area contributed by atoms with E-state index in [1.54, 1.807) is 7.05 Å². The standard InChI is InChI=1S/C15H22BrN3O2S/c1-17-15(18-9-12-7-8-22(20,21)11-12)19(2)10-13-5-3-4-6-14(13)16/h3-6,12H,7-11H2,1-2H3,(H,17,18). The Morgan fingerprint density at radius 1 is 1.45 bits per heavy atom. The maximum absolute atomic E-state index is 11.5. The van der Waals surface area contributed by atoms with Gasteiger partial charge in [0.25, 0.3) is 0 Å². The van der Waals surface area contributed by atoms with E-state index in [0.717, 1.165) is 23.4 Å². The topological polar surface area (TPSA) is 61.8 Å². The lowest BCUT2D eigenvalue weighted by Gasteiger charge is -2.23. The van der Waals surface area contributed by atoms with E-state index < -0.39 is 9.84 Å². The molecule has 0 bridgehead atoms. The monoisotopic (exact) mass is 387 g/mol. The third-order valence-corrected chi connectivity index (χ3v) is 6.42. The van der Waals surface area contributed by atoms with Crippen LogP contribution in [0.3, 0.4) is 0 Å². The van der Waals surface area contributed by atoms with E-state index in [1.165, 1.54) is 5.56 Å². The van der Waals surface area contributed by atoms with E-state index in [-0.39, 0.29) is 11.7 Å². The van der Waals surface area contributed by atoms with Crippen LogP contribution in [0.4, 0.5) is 0 Å². The number of hydrogen-bond donors (Lipinski definition) is 1. The van der Waals surface area contributed by atoms with Gasteiger partial charge < -0.3 is 10.2 Å². The molecule has 1 heterocycles. The molecule has 0 aromatic heterocycles. The third kappa shape index (κ3) is 4.71. The molecule has 22 heavy (non-hydrogen) atoms. The Balaban J connectivity index is 1.90. The Morgan fingerprint density at radius 3 is 2.77 bits per heavy atom. The van der Waals surface area contributed by atoms with Gasteiger partial charge in [0.2, 0.25) is 0 Å². The van der Waals surface area contributed by atoms with E-state index in [4.69, 9.17) is 0 Å². The predicted molar refractivity (Wildman–Crippen MR) is 93.7 cm³/mol. The summed E-state index contributed by atoms with van der Waals surface area (Å²) < 4.78 is 24.1. The van der Waals surface area contributed by atoms with Gasteiger partial charge in [0.05, 0.1) is 11.5 Å². The number of nitrogens with zero attached hydrogens (tertiary/aromatic N) is 2. The fourth-order valence-electron chi connectivity index (χ4n) is 2.61. The first-order chi connectivity index (χ1) is 10.4. The zero-order valence-corrected chi connectivity index (χ0v) is 15.3. The van der Waals surface area contributed by atoms with Crippen molar-refractivity contribution in [3.8, 4) is 0 Å². The maximum Gasteiger partial charge on any atom is 0.193 e. The van der Waals surface area contributed by atoms with Gasteiger partial charge in [-0.25, -0.2) is 8.42 Å². The molecule has 1 aliphatic heterocycles. The molecule has 5 nitrogen and oxygen atoms in total. The molecule has 0 spiro atoms. The first-order valence-electron chi connectivity index (χ1n) is 7.27. The molecule has 122 valence electrons. The van der Waals surface area contributed by atoms with Crippen molar-refractivity contribution >= 4 is 31.7 Å². The molecule has 1 aromatic rings. The molecule has 1 saturated heterocycles. The van der Waals surface area contributed by atoms with Gasteiger partial charge in [-0.1, -0.05) is 34.1 Å². The molecule has 1 atom stereocenters. The molecule has 1 fully saturated rings. The summed E-state index contributed by atoms with van der Waals surface area (Å²) in [6.07, 6.45) is 0.736. The third-order valence-electron chi connectivity index (χ3n) is 3.81. The number of nitrogens with one attached hydrogen (secondary N) is 1. The summed E-state index contributed by atoms with van der Waals surface area (Å²) >= 11 is 3.55. The van der Waals surface area contributed by atoms with Crippen LogP contribution in [-0.4, -0.2) is 51.4 Å². The van der Waals surface area contributed by atoms with Crippen LogP contribution in [0.1, 0.15) is 12.0 Å². The molecule has 0 saturated carbocycles. The summed E-state index contributed by atoms with van der Waals surface area (Å²) in [4.78, 5) is 6.31. The first-order valence-corrected chi connectivity index (χ1v) is 9.88. The van der Waals surface area contributed by atoms with Crippen LogP contribution in [0.15, 0.2) is 33.7 Å². The Kier molecular flexibility index (Phi) is 5.86. The second kappa shape index (κ2) is 7.46. The van der Waals surface area contributed by atoms with E-state index in [1.807, 2.05) is 30.1 Å².